The van der Waals surface area contributed by atoms with E-state index < -0.39 is 15.9 Å². The van der Waals surface area contributed by atoms with Gasteiger partial charge in [-0.05, 0) is 42.3 Å². The van der Waals surface area contributed by atoms with Gasteiger partial charge in [0, 0.05) is 11.3 Å². The van der Waals surface area contributed by atoms with Crippen molar-refractivity contribution in [3.05, 3.63) is 59.7 Å². The average Bonchev–Trinajstić information content (AvgIpc) is 2.47. The Bertz CT molecular complexity index is 753. The van der Waals surface area contributed by atoms with E-state index in [0.29, 0.717) is 5.69 Å². The fourth-order valence-electron chi connectivity index (χ4n) is 1.85. The molecule has 110 valence electrons. The fourth-order valence-corrected chi connectivity index (χ4v) is 2.90. The Morgan fingerprint density at radius 3 is 2.38 bits per heavy atom. The highest BCUT2D eigenvalue weighted by Gasteiger charge is 2.14. The lowest BCUT2D eigenvalue weighted by Gasteiger charge is -2.09. The molecule has 1 amide bonds. The van der Waals surface area contributed by atoms with Crippen molar-refractivity contribution in [2.75, 3.05) is 4.72 Å². The average molecular weight is 304 g/mol. The highest BCUT2D eigenvalue weighted by molar-refractivity contribution is 7.92. The minimum absolute atomic E-state index is 0.171. The zero-order valence-corrected chi connectivity index (χ0v) is 12.4. The van der Waals surface area contributed by atoms with Crippen LogP contribution < -0.4 is 10.5 Å². The van der Waals surface area contributed by atoms with Gasteiger partial charge in [-0.2, -0.15) is 0 Å². The number of nitrogens with one attached hydrogen (secondary N) is 1. The van der Waals surface area contributed by atoms with Gasteiger partial charge in [-0.15, -0.1) is 0 Å². The monoisotopic (exact) mass is 304 g/mol. The molecule has 0 heterocycles. The van der Waals surface area contributed by atoms with E-state index in [9.17, 15) is 13.2 Å². The van der Waals surface area contributed by atoms with Crippen molar-refractivity contribution in [3.63, 3.8) is 0 Å². The normalized spacial score (nSPS) is 11.1. The van der Waals surface area contributed by atoms with Crippen molar-refractivity contribution in [2.24, 2.45) is 5.73 Å². The third-order valence-corrected chi connectivity index (χ3v) is 4.44. The summed E-state index contributed by atoms with van der Waals surface area (Å²) in [5.41, 5.74) is 6.78. The largest absolute Gasteiger partial charge is 0.366 e. The number of anilines is 1. The number of primary amides is 1. The molecule has 0 aromatic heterocycles. The Kier molecular flexibility index (Phi) is 4.28. The van der Waals surface area contributed by atoms with E-state index in [2.05, 4.69) is 4.72 Å². The second-order valence-corrected chi connectivity index (χ2v) is 6.23. The van der Waals surface area contributed by atoms with Gasteiger partial charge in [-0.3, -0.25) is 9.52 Å². The highest BCUT2D eigenvalue weighted by atomic mass is 32.2. The summed E-state index contributed by atoms with van der Waals surface area (Å²) >= 11 is 0. The summed E-state index contributed by atoms with van der Waals surface area (Å²) in [5.74, 6) is -0.608. The predicted molar refractivity (Wildman–Crippen MR) is 81.6 cm³/mol. The molecule has 6 heteroatoms. The van der Waals surface area contributed by atoms with Crippen molar-refractivity contribution in [3.8, 4) is 0 Å². The number of carbonyl (C=O) groups is 1. The number of benzene rings is 2. The van der Waals surface area contributed by atoms with Crippen LogP contribution in [-0.2, 0) is 16.4 Å². The molecule has 2 aromatic rings. The van der Waals surface area contributed by atoms with E-state index in [-0.39, 0.29) is 10.5 Å². The van der Waals surface area contributed by atoms with Gasteiger partial charge in [0.15, 0.2) is 0 Å². The molecule has 5 nitrogen and oxygen atoms in total. The van der Waals surface area contributed by atoms with Crippen LogP contribution in [0.3, 0.4) is 0 Å². The summed E-state index contributed by atoms with van der Waals surface area (Å²) < 4.78 is 26.9. The van der Waals surface area contributed by atoms with Gasteiger partial charge in [0.25, 0.3) is 10.0 Å². The van der Waals surface area contributed by atoms with E-state index in [1.54, 1.807) is 36.4 Å². The van der Waals surface area contributed by atoms with Gasteiger partial charge < -0.3 is 5.73 Å². The van der Waals surface area contributed by atoms with Crippen LogP contribution in [0.25, 0.3) is 0 Å². The summed E-state index contributed by atoms with van der Waals surface area (Å²) in [6.07, 6.45) is 0.842. The Morgan fingerprint density at radius 2 is 1.81 bits per heavy atom. The summed E-state index contributed by atoms with van der Waals surface area (Å²) in [7, 11) is -3.68. The lowest BCUT2D eigenvalue weighted by molar-refractivity contribution is 0.100. The molecule has 21 heavy (non-hydrogen) atoms. The second-order valence-electron chi connectivity index (χ2n) is 4.55. The van der Waals surface area contributed by atoms with Crippen molar-refractivity contribution in [1.29, 1.82) is 0 Å². The van der Waals surface area contributed by atoms with Gasteiger partial charge in [0.2, 0.25) is 5.91 Å². The topological polar surface area (TPSA) is 89.3 Å². The number of sulfonamides is 1. The molecule has 0 saturated heterocycles. The standard InChI is InChI=1S/C15H16N2O3S/c1-2-11-6-8-14(9-7-11)21(19,20)17-13-5-3-4-12(10-13)15(16)18/h3-10,17H,2H2,1H3,(H2,16,18). The van der Waals surface area contributed by atoms with E-state index in [1.165, 1.54) is 12.1 Å². The highest BCUT2D eigenvalue weighted by Crippen LogP contribution is 2.17. The molecule has 0 atom stereocenters. The van der Waals surface area contributed by atoms with E-state index in [0.717, 1.165) is 12.0 Å². The van der Waals surface area contributed by atoms with Gasteiger partial charge in [0.05, 0.1) is 4.90 Å². The number of rotatable bonds is 5. The van der Waals surface area contributed by atoms with Crippen LogP contribution in [0, 0.1) is 0 Å². The number of carbonyl (C=O) groups excluding carboxylic acids is 1. The summed E-state index contributed by atoms with van der Waals surface area (Å²) in [6.45, 7) is 2.00. The zero-order valence-electron chi connectivity index (χ0n) is 11.5. The predicted octanol–water partition coefficient (Wildman–Crippen LogP) is 2.15. The first-order valence-electron chi connectivity index (χ1n) is 6.44. The van der Waals surface area contributed by atoms with Crippen LogP contribution in [0.4, 0.5) is 5.69 Å². The van der Waals surface area contributed by atoms with Crippen molar-refractivity contribution in [2.45, 2.75) is 18.2 Å². The smallest absolute Gasteiger partial charge is 0.261 e. The maximum Gasteiger partial charge on any atom is 0.261 e. The van der Waals surface area contributed by atoms with E-state index >= 15 is 0 Å². The van der Waals surface area contributed by atoms with Crippen LogP contribution in [0.15, 0.2) is 53.4 Å². The molecule has 0 aliphatic rings. The van der Waals surface area contributed by atoms with Crippen molar-refractivity contribution >= 4 is 21.6 Å². The summed E-state index contributed by atoms with van der Waals surface area (Å²) in [4.78, 5) is 11.3. The fraction of sp³-hybridized carbons (Fsp3) is 0.133. The Balaban J connectivity index is 2.28. The molecule has 0 aliphatic heterocycles. The number of hydrogen-bond acceptors (Lipinski definition) is 3. The van der Waals surface area contributed by atoms with Crippen LogP contribution in [0.5, 0.6) is 0 Å². The lowest BCUT2D eigenvalue weighted by Crippen LogP contribution is -2.15. The minimum Gasteiger partial charge on any atom is -0.366 e. The van der Waals surface area contributed by atoms with Gasteiger partial charge >= 0.3 is 0 Å². The molecule has 3 N–H and O–H groups in total. The van der Waals surface area contributed by atoms with E-state index in [1.807, 2.05) is 6.92 Å². The number of amides is 1. The SMILES string of the molecule is CCc1ccc(S(=O)(=O)Nc2cccc(C(N)=O)c2)cc1. The molecule has 0 aliphatic carbocycles. The molecule has 0 spiro atoms. The molecule has 0 fully saturated rings. The van der Waals surface area contributed by atoms with Gasteiger partial charge in [-0.1, -0.05) is 25.1 Å². The molecule has 2 aromatic carbocycles. The quantitative estimate of drug-likeness (QED) is 0.887. The molecule has 0 bridgehead atoms. The summed E-state index contributed by atoms with van der Waals surface area (Å²) in [5, 5.41) is 0. The van der Waals surface area contributed by atoms with E-state index in [4.69, 9.17) is 5.73 Å². The maximum absolute atomic E-state index is 12.3. The lowest BCUT2D eigenvalue weighted by atomic mass is 10.2. The first-order chi connectivity index (χ1) is 9.92. The minimum atomic E-state index is -3.68. The van der Waals surface area contributed by atoms with Gasteiger partial charge in [0.1, 0.15) is 0 Å². The Morgan fingerprint density at radius 1 is 1.14 bits per heavy atom. The summed E-state index contributed by atoms with van der Waals surface area (Å²) in [6, 6.07) is 12.7. The third-order valence-electron chi connectivity index (χ3n) is 3.04. The first kappa shape index (κ1) is 15.1. The molecule has 0 saturated carbocycles. The van der Waals surface area contributed by atoms with Crippen LogP contribution in [0.1, 0.15) is 22.8 Å². The molecular weight excluding hydrogens is 288 g/mol. The second kappa shape index (κ2) is 5.97. The first-order valence-corrected chi connectivity index (χ1v) is 7.92. The number of nitrogens with two attached hydrogens (primary N) is 1. The number of aryl methyl sites for hydroxylation is 1. The molecular formula is C15H16N2O3S. The molecule has 2 rings (SSSR count). The third kappa shape index (κ3) is 3.61. The van der Waals surface area contributed by atoms with Crippen molar-refractivity contribution < 1.29 is 13.2 Å². The molecule has 0 radical (unpaired) electrons. The Hall–Kier alpha value is -2.34. The maximum atomic E-state index is 12.3. The van der Waals surface area contributed by atoms with Crippen LogP contribution in [0.2, 0.25) is 0 Å². The van der Waals surface area contributed by atoms with Crippen molar-refractivity contribution in [1.82, 2.24) is 0 Å². The molecule has 0 unspecified atom stereocenters. The van der Waals surface area contributed by atoms with Crippen LogP contribution in [-0.4, -0.2) is 14.3 Å². The zero-order chi connectivity index (χ0) is 15.5. The van der Waals surface area contributed by atoms with Crippen LogP contribution >= 0.6 is 0 Å². The van der Waals surface area contributed by atoms with Gasteiger partial charge in [-0.25, -0.2) is 8.42 Å². The number of hydrogen-bond donors (Lipinski definition) is 2. The Labute approximate surface area is 123 Å².